The fraction of sp³-hybridized carbons (Fsp3) is 0.222. The molecule has 5 N–H and O–H groups in total. The molecule has 0 radical (unpaired) electrons. The smallest absolute Gasteiger partial charge is 0.294 e. The molecule has 1 unspecified atom stereocenters. The third-order valence-electron chi connectivity index (χ3n) is 5.56. The molecular formula is C27H28Cl2N6O5. The van der Waals surface area contributed by atoms with E-state index in [1.54, 1.807) is 55.5 Å². The highest BCUT2D eigenvalue weighted by Gasteiger charge is 2.23. The summed E-state index contributed by atoms with van der Waals surface area (Å²) in [5.41, 5.74) is 8.88. The van der Waals surface area contributed by atoms with Gasteiger partial charge < -0.3 is 26.5 Å². The summed E-state index contributed by atoms with van der Waals surface area (Å²) in [5.74, 6) is -0.747. The van der Waals surface area contributed by atoms with Crippen molar-refractivity contribution >= 4 is 52.2 Å². The largest absolute Gasteiger partial charge is 0.388 e. The summed E-state index contributed by atoms with van der Waals surface area (Å²) in [6, 6.07) is 18.1. The molecule has 3 aromatic carbocycles. The molecule has 1 atom stereocenters. The maximum absolute atomic E-state index is 12.9. The predicted octanol–water partition coefficient (Wildman–Crippen LogP) is 4.17. The average Bonchev–Trinajstić information content (AvgIpc) is 2.91. The van der Waals surface area contributed by atoms with Crippen LogP contribution >= 0.6 is 23.2 Å². The van der Waals surface area contributed by atoms with E-state index in [0.29, 0.717) is 39.4 Å². The van der Waals surface area contributed by atoms with Gasteiger partial charge in [-0.25, -0.2) is 0 Å². The first-order chi connectivity index (χ1) is 19.1. The Morgan fingerprint density at radius 1 is 1.05 bits per heavy atom. The number of carbonyl (C=O) groups is 2. The summed E-state index contributed by atoms with van der Waals surface area (Å²) in [6.45, 7) is 1.53. The van der Waals surface area contributed by atoms with Gasteiger partial charge in [-0.1, -0.05) is 71.7 Å². The van der Waals surface area contributed by atoms with Crippen molar-refractivity contribution < 1.29 is 19.5 Å². The number of benzene rings is 3. The van der Waals surface area contributed by atoms with E-state index in [2.05, 4.69) is 25.8 Å². The van der Waals surface area contributed by atoms with Crippen LogP contribution in [-0.2, 0) is 33.9 Å². The van der Waals surface area contributed by atoms with E-state index in [-0.39, 0.29) is 13.0 Å². The number of nitrogens with one attached hydrogen (secondary N) is 3. The van der Waals surface area contributed by atoms with Crippen molar-refractivity contribution in [2.24, 2.45) is 10.7 Å². The number of rotatable bonds is 13. The molecule has 210 valence electrons. The van der Waals surface area contributed by atoms with Crippen LogP contribution < -0.4 is 21.7 Å². The van der Waals surface area contributed by atoms with Gasteiger partial charge in [-0.05, 0) is 41.8 Å². The van der Waals surface area contributed by atoms with Crippen molar-refractivity contribution in [3.05, 3.63) is 104 Å². The highest BCUT2D eigenvalue weighted by molar-refractivity contribution is 6.39. The maximum Gasteiger partial charge on any atom is 0.294 e. The predicted molar refractivity (Wildman–Crippen MR) is 154 cm³/mol. The third kappa shape index (κ3) is 9.44. The molecule has 0 aromatic heterocycles. The molecule has 0 aliphatic carbocycles. The Hall–Kier alpha value is -4.35. The minimum Gasteiger partial charge on any atom is -0.388 e. The fourth-order valence-corrected chi connectivity index (χ4v) is 4.14. The van der Waals surface area contributed by atoms with Crippen LogP contribution in [0, 0.1) is 10.1 Å². The molecule has 11 nitrogen and oxygen atoms in total. The number of amides is 2. The van der Waals surface area contributed by atoms with Gasteiger partial charge in [0.25, 0.3) is 5.09 Å². The number of halogens is 2. The summed E-state index contributed by atoms with van der Waals surface area (Å²) in [5, 5.41) is 18.9. The lowest BCUT2D eigenvalue weighted by molar-refractivity contribution is -0.757. The van der Waals surface area contributed by atoms with Crippen LogP contribution in [0.2, 0.25) is 10.0 Å². The van der Waals surface area contributed by atoms with E-state index in [9.17, 15) is 19.7 Å². The topological polar surface area (TPSA) is 161 Å². The minimum atomic E-state index is -1.32. The van der Waals surface area contributed by atoms with Gasteiger partial charge >= 0.3 is 0 Å². The number of nitrogens with two attached hydrogens (primary N) is 1. The zero-order chi connectivity index (χ0) is 29.1. The molecule has 3 aromatic rings. The summed E-state index contributed by atoms with van der Waals surface area (Å²) in [7, 11) is 0. The highest BCUT2D eigenvalue weighted by Crippen LogP contribution is 2.33. The van der Waals surface area contributed by atoms with Gasteiger partial charge in [0.05, 0.1) is 34.5 Å². The van der Waals surface area contributed by atoms with E-state index in [0.717, 1.165) is 11.1 Å². The first-order valence-electron chi connectivity index (χ1n) is 12.1. The first-order valence-corrected chi connectivity index (χ1v) is 12.9. The first kappa shape index (κ1) is 30.2. The summed E-state index contributed by atoms with van der Waals surface area (Å²) in [4.78, 5) is 45.2. The molecular weight excluding hydrogens is 559 g/mol. The van der Waals surface area contributed by atoms with Crippen molar-refractivity contribution in [2.75, 3.05) is 11.9 Å². The van der Waals surface area contributed by atoms with Crippen LogP contribution in [0.15, 0.2) is 71.7 Å². The lowest BCUT2D eigenvalue weighted by Crippen LogP contribution is -2.50. The summed E-state index contributed by atoms with van der Waals surface area (Å²) < 4.78 is 0. The molecule has 3 rings (SSSR count). The molecule has 0 aliphatic rings. The summed E-state index contributed by atoms with van der Waals surface area (Å²) in [6.07, 6.45) is -0.142. The standard InChI is InChI=1S/C27H28Cl2N6O5/c1-17(30)31-14-18-6-4-7-19(12-18)15-32-27(37)24(16-40-35(38)39)33-25(36)13-20-8-2-3-11-23(20)34-26-21(28)9-5-10-22(26)29/h2-12,24,34H,13-16H2,1H3,(H2,30,31)(H,32,37)(H,33,36). The Morgan fingerprint density at radius 3 is 2.42 bits per heavy atom. The van der Waals surface area contributed by atoms with Crippen LogP contribution in [0.1, 0.15) is 23.6 Å². The third-order valence-corrected chi connectivity index (χ3v) is 6.19. The second kappa shape index (κ2) is 14.7. The van der Waals surface area contributed by atoms with Gasteiger partial charge in [0, 0.05) is 12.2 Å². The number of para-hydroxylation sites is 2. The van der Waals surface area contributed by atoms with E-state index in [1.165, 1.54) is 0 Å². The fourth-order valence-electron chi connectivity index (χ4n) is 3.65. The number of amidine groups is 1. The molecule has 0 fully saturated rings. The molecule has 0 spiro atoms. The van der Waals surface area contributed by atoms with Crippen LogP contribution in [0.3, 0.4) is 0 Å². The Kier molecular flexibility index (Phi) is 11.1. The van der Waals surface area contributed by atoms with Gasteiger partial charge in [0.1, 0.15) is 12.6 Å². The van der Waals surface area contributed by atoms with Gasteiger partial charge in [-0.15, -0.1) is 10.1 Å². The Morgan fingerprint density at radius 2 is 1.73 bits per heavy atom. The van der Waals surface area contributed by atoms with Crippen molar-refractivity contribution in [2.45, 2.75) is 32.5 Å². The van der Waals surface area contributed by atoms with E-state index < -0.39 is 29.5 Å². The van der Waals surface area contributed by atoms with Crippen LogP contribution in [0.5, 0.6) is 0 Å². The molecule has 40 heavy (non-hydrogen) atoms. The number of hydrogen-bond acceptors (Lipinski definition) is 7. The Bertz CT molecular complexity index is 1380. The monoisotopic (exact) mass is 586 g/mol. The van der Waals surface area contributed by atoms with Crippen molar-refractivity contribution in [3.63, 3.8) is 0 Å². The van der Waals surface area contributed by atoms with Crippen LogP contribution in [0.25, 0.3) is 0 Å². The number of carbonyl (C=O) groups excluding carboxylic acids is 2. The van der Waals surface area contributed by atoms with E-state index >= 15 is 0 Å². The van der Waals surface area contributed by atoms with Crippen molar-refractivity contribution in [1.82, 2.24) is 10.6 Å². The number of aliphatic imine (C=N–C) groups is 1. The quantitative estimate of drug-likeness (QED) is 0.101. The molecule has 0 heterocycles. The maximum atomic E-state index is 12.9. The molecule has 0 bridgehead atoms. The average molecular weight is 587 g/mol. The zero-order valence-corrected chi connectivity index (χ0v) is 23.0. The SMILES string of the molecule is CC(N)=NCc1cccc(CNC(=O)C(CO[N+](=O)[O-])NC(=O)Cc2ccccc2Nc2c(Cl)cccc2Cl)c1. The van der Waals surface area contributed by atoms with Crippen molar-refractivity contribution in [1.29, 1.82) is 0 Å². The van der Waals surface area contributed by atoms with Crippen molar-refractivity contribution in [3.8, 4) is 0 Å². The van der Waals surface area contributed by atoms with Crippen LogP contribution in [0.4, 0.5) is 11.4 Å². The Labute approximate surface area is 240 Å². The highest BCUT2D eigenvalue weighted by atomic mass is 35.5. The molecule has 0 saturated carbocycles. The minimum absolute atomic E-state index is 0.119. The van der Waals surface area contributed by atoms with Gasteiger partial charge in [-0.2, -0.15) is 0 Å². The normalized spacial score (nSPS) is 11.8. The molecule has 0 saturated heterocycles. The van der Waals surface area contributed by atoms with Gasteiger partial charge in [0.2, 0.25) is 11.8 Å². The van der Waals surface area contributed by atoms with Crippen LogP contribution in [-0.4, -0.2) is 35.4 Å². The second-order valence-corrected chi connectivity index (χ2v) is 9.50. The van der Waals surface area contributed by atoms with E-state index in [4.69, 9.17) is 28.9 Å². The lowest BCUT2D eigenvalue weighted by Gasteiger charge is -2.19. The number of hydrogen-bond donors (Lipinski definition) is 4. The van der Waals surface area contributed by atoms with Gasteiger partial charge in [0.15, 0.2) is 0 Å². The number of anilines is 2. The second-order valence-electron chi connectivity index (χ2n) is 8.69. The molecule has 13 heteroatoms. The molecule has 0 aliphatic heterocycles. The molecule has 2 amide bonds. The lowest BCUT2D eigenvalue weighted by atomic mass is 10.1. The Balaban J connectivity index is 1.67. The number of nitrogens with zero attached hydrogens (tertiary/aromatic N) is 2. The summed E-state index contributed by atoms with van der Waals surface area (Å²) >= 11 is 12.5. The zero-order valence-electron chi connectivity index (χ0n) is 21.5. The van der Waals surface area contributed by atoms with E-state index in [1.807, 2.05) is 18.2 Å². The van der Waals surface area contributed by atoms with Gasteiger partial charge in [-0.3, -0.25) is 14.6 Å².